The van der Waals surface area contributed by atoms with Gasteiger partial charge in [-0.3, -0.25) is 0 Å². The summed E-state index contributed by atoms with van der Waals surface area (Å²) in [5.41, 5.74) is 1.33. The van der Waals surface area contributed by atoms with Crippen LogP contribution in [-0.4, -0.2) is 11.7 Å². The number of aliphatic hydroxyl groups excluding tert-OH is 1. The van der Waals surface area contributed by atoms with E-state index in [9.17, 15) is 0 Å². The number of hydrogen-bond donors (Lipinski definition) is 1. The standard InChI is InChI=1S/C17H34O/c1-17(2)15-13-11-9-7-5-3-4-6-8-10-12-14-16-18/h18H,1,3-16H2,2H3. The molecule has 0 unspecified atom stereocenters. The summed E-state index contributed by atoms with van der Waals surface area (Å²) in [7, 11) is 0. The van der Waals surface area contributed by atoms with Crippen LogP contribution in [0.3, 0.4) is 0 Å². The van der Waals surface area contributed by atoms with E-state index in [0.717, 1.165) is 6.42 Å². The van der Waals surface area contributed by atoms with Gasteiger partial charge in [0.2, 0.25) is 0 Å². The Bertz CT molecular complexity index is 174. The fourth-order valence-electron chi connectivity index (χ4n) is 2.31. The molecule has 0 aromatic heterocycles. The molecule has 1 N–H and O–H groups in total. The van der Waals surface area contributed by atoms with Crippen LogP contribution in [0.4, 0.5) is 0 Å². The van der Waals surface area contributed by atoms with Crippen LogP contribution in [0.1, 0.15) is 90.4 Å². The first-order valence-corrected chi connectivity index (χ1v) is 8.02. The quantitative estimate of drug-likeness (QED) is 0.315. The van der Waals surface area contributed by atoms with Gasteiger partial charge in [-0.1, -0.05) is 69.8 Å². The molecule has 0 bridgehead atoms. The summed E-state index contributed by atoms with van der Waals surface area (Å²) in [4.78, 5) is 0. The van der Waals surface area contributed by atoms with E-state index in [4.69, 9.17) is 5.11 Å². The molecule has 0 aromatic rings. The van der Waals surface area contributed by atoms with E-state index < -0.39 is 0 Å². The van der Waals surface area contributed by atoms with Gasteiger partial charge in [0.25, 0.3) is 0 Å². The second-order valence-corrected chi connectivity index (χ2v) is 5.67. The maximum absolute atomic E-state index is 8.65. The zero-order chi connectivity index (χ0) is 13.5. The van der Waals surface area contributed by atoms with Crippen molar-refractivity contribution in [2.24, 2.45) is 0 Å². The van der Waals surface area contributed by atoms with Crippen LogP contribution in [-0.2, 0) is 0 Å². The lowest BCUT2D eigenvalue weighted by atomic mass is 10.0. The van der Waals surface area contributed by atoms with Crippen molar-refractivity contribution < 1.29 is 5.11 Å². The van der Waals surface area contributed by atoms with E-state index in [1.54, 1.807) is 0 Å². The lowest BCUT2D eigenvalue weighted by molar-refractivity contribution is 0.282. The van der Waals surface area contributed by atoms with Crippen LogP contribution in [0.5, 0.6) is 0 Å². The maximum atomic E-state index is 8.65. The maximum Gasteiger partial charge on any atom is 0.0431 e. The summed E-state index contributed by atoms with van der Waals surface area (Å²) in [6, 6.07) is 0. The normalized spacial score (nSPS) is 10.8. The second-order valence-electron chi connectivity index (χ2n) is 5.67. The lowest BCUT2D eigenvalue weighted by Gasteiger charge is -2.03. The van der Waals surface area contributed by atoms with Crippen molar-refractivity contribution >= 4 is 0 Å². The Morgan fingerprint density at radius 2 is 1.00 bits per heavy atom. The van der Waals surface area contributed by atoms with Crippen LogP contribution in [0.15, 0.2) is 12.2 Å². The van der Waals surface area contributed by atoms with Gasteiger partial charge in [0.05, 0.1) is 0 Å². The molecule has 18 heavy (non-hydrogen) atoms. The number of hydrogen-bond acceptors (Lipinski definition) is 1. The van der Waals surface area contributed by atoms with Crippen LogP contribution >= 0.6 is 0 Å². The first kappa shape index (κ1) is 17.7. The second kappa shape index (κ2) is 14.8. The van der Waals surface area contributed by atoms with Crippen molar-refractivity contribution in [1.82, 2.24) is 0 Å². The SMILES string of the molecule is C=C(C)CCCCCCCCCCCCCCO. The molecule has 0 aliphatic heterocycles. The molecule has 0 saturated carbocycles. The molecule has 0 fully saturated rings. The summed E-state index contributed by atoms with van der Waals surface area (Å²) in [5, 5.41) is 8.65. The molecular weight excluding hydrogens is 220 g/mol. The molecule has 0 aromatic carbocycles. The fraction of sp³-hybridized carbons (Fsp3) is 0.882. The highest BCUT2D eigenvalue weighted by molar-refractivity contribution is 4.86. The van der Waals surface area contributed by atoms with E-state index in [1.165, 1.54) is 82.6 Å². The third-order valence-electron chi connectivity index (χ3n) is 3.51. The molecule has 0 aliphatic carbocycles. The first-order valence-electron chi connectivity index (χ1n) is 8.02. The molecule has 0 aliphatic rings. The average Bonchev–Trinajstić information content (AvgIpc) is 2.34. The minimum Gasteiger partial charge on any atom is -0.396 e. The monoisotopic (exact) mass is 254 g/mol. The van der Waals surface area contributed by atoms with Crippen molar-refractivity contribution in [3.05, 3.63) is 12.2 Å². The third-order valence-corrected chi connectivity index (χ3v) is 3.51. The topological polar surface area (TPSA) is 20.2 Å². The van der Waals surface area contributed by atoms with Crippen molar-refractivity contribution in [3.8, 4) is 0 Å². The number of rotatable bonds is 14. The Morgan fingerprint density at radius 1 is 0.667 bits per heavy atom. The number of unbranched alkanes of at least 4 members (excludes halogenated alkanes) is 11. The summed E-state index contributed by atoms with van der Waals surface area (Å²) >= 11 is 0. The van der Waals surface area contributed by atoms with Gasteiger partial charge in [0.15, 0.2) is 0 Å². The van der Waals surface area contributed by atoms with Gasteiger partial charge in [0, 0.05) is 6.61 Å². The minimum absolute atomic E-state index is 0.366. The van der Waals surface area contributed by atoms with Gasteiger partial charge < -0.3 is 5.11 Å². The highest BCUT2D eigenvalue weighted by Crippen LogP contribution is 2.13. The average molecular weight is 254 g/mol. The van der Waals surface area contributed by atoms with Crippen LogP contribution in [0.25, 0.3) is 0 Å². The first-order chi connectivity index (χ1) is 8.77. The van der Waals surface area contributed by atoms with Gasteiger partial charge >= 0.3 is 0 Å². The van der Waals surface area contributed by atoms with Gasteiger partial charge in [-0.2, -0.15) is 0 Å². The predicted molar refractivity (Wildman–Crippen MR) is 81.9 cm³/mol. The van der Waals surface area contributed by atoms with Crippen molar-refractivity contribution in [2.45, 2.75) is 90.4 Å². The Labute approximate surface area is 115 Å². The molecule has 0 rings (SSSR count). The Kier molecular flexibility index (Phi) is 14.5. The molecule has 0 atom stereocenters. The number of aliphatic hydroxyl groups is 1. The largest absolute Gasteiger partial charge is 0.396 e. The zero-order valence-electron chi connectivity index (χ0n) is 12.6. The summed E-state index contributed by atoms with van der Waals surface area (Å²) < 4.78 is 0. The van der Waals surface area contributed by atoms with Gasteiger partial charge in [0.1, 0.15) is 0 Å². The predicted octanol–water partition coefficient (Wildman–Crippen LogP) is 5.63. The summed E-state index contributed by atoms with van der Waals surface area (Å²) in [6.45, 7) is 6.43. The number of allylic oxidation sites excluding steroid dienone is 1. The fourth-order valence-corrected chi connectivity index (χ4v) is 2.31. The molecule has 0 spiro atoms. The summed E-state index contributed by atoms with van der Waals surface area (Å²) in [6.07, 6.45) is 17.3. The highest BCUT2D eigenvalue weighted by Gasteiger charge is 1.94. The van der Waals surface area contributed by atoms with Crippen molar-refractivity contribution in [1.29, 1.82) is 0 Å². The van der Waals surface area contributed by atoms with E-state index in [2.05, 4.69) is 13.5 Å². The smallest absolute Gasteiger partial charge is 0.0431 e. The highest BCUT2D eigenvalue weighted by atomic mass is 16.2. The van der Waals surface area contributed by atoms with E-state index in [1.807, 2.05) is 0 Å². The molecule has 0 heterocycles. The van der Waals surface area contributed by atoms with Crippen molar-refractivity contribution in [3.63, 3.8) is 0 Å². The minimum atomic E-state index is 0.366. The van der Waals surface area contributed by atoms with Crippen molar-refractivity contribution in [2.75, 3.05) is 6.61 Å². The molecular formula is C17H34O. The third kappa shape index (κ3) is 15.7. The van der Waals surface area contributed by atoms with Crippen LogP contribution in [0, 0.1) is 0 Å². The molecule has 0 saturated heterocycles. The molecule has 1 nitrogen and oxygen atoms in total. The molecule has 108 valence electrons. The molecule has 0 radical (unpaired) electrons. The molecule has 1 heteroatoms. The van der Waals surface area contributed by atoms with E-state index >= 15 is 0 Å². The van der Waals surface area contributed by atoms with E-state index in [0.29, 0.717) is 6.61 Å². The van der Waals surface area contributed by atoms with Gasteiger partial charge in [-0.25, -0.2) is 0 Å². The molecule has 0 amide bonds. The Hall–Kier alpha value is -0.300. The Balaban J connectivity index is 2.92. The van der Waals surface area contributed by atoms with Gasteiger partial charge in [-0.05, 0) is 26.2 Å². The zero-order valence-corrected chi connectivity index (χ0v) is 12.6. The summed E-state index contributed by atoms with van der Waals surface area (Å²) in [5.74, 6) is 0. The lowest BCUT2D eigenvalue weighted by Crippen LogP contribution is -1.85. The van der Waals surface area contributed by atoms with Gasteiger partial charge in [-0.15, -0.1) is 6.58 Å². The van der Waals surface area contributed by atoms with E-state index in [-0.39, 0.29) is 0 Å². The van der Waals surface area contributed by atoms with Crippen LogP contribution < -0.4 is 0 Å². The van der Waals surface area contributed by atoms with Crippen LogP contribution in [0.2, 0.25) is 0 Å². The Morgan fingerprint density at radius 3 is 1.33 bits per heavy atom.